The Labute approximate surface area is 111 Å². The van der Waals surface area contributed by atoms with Gasteiger partial charge < -0.3 is 0 Å². The molecule has 17 heavy (non-hydrogen) atoms. The minimum absolute atomic E-state index is 0.0129. The highest BCUT2D eigenvalue weighted by atomic mass is 35.5. The van der Waals surface area contributed by atoms with E-state index < -0.39 is 11.8 Å². The van der Waals surface area contributed by atoms with Gasteiger partial charge >= 0.3 is 0 Å². The highest BCUT2D eigenvalue weighted by molar-refractivity contribution is 6.49. The Bertz CT molecular complexity index is 587. The molecule has 1 heterocycles. The lowest BCUT2D eigenvalue weighted by Crippen LogP contribution is -1.93. The van der Waals surface area contributed by atoms with Gasteiger partial charge in [0.15, 0.2) is 5.82 Å². The fraction of sp³-hybridized carbons (Fsp3) is 0. The molecule has 6 heteroatoms. The molecule has 0 unspecified atom stereocenters. The van der Waals surface area contributed by atoms with Gasteiger partial charge in [-0.05, 0) is 12.1 Å². The monoisotopic (exact) mass is 293 g/mol. The van der Waals surface area contributed by atoms with Gasteiger partial charge in [0.2, 0.25) is 5.95 Å². The Kier molecular flexibility index (Phi) is 3.52. The molecule has 88 valence electrons. The van der Waals surface area contributed by atoms with E-state index in [1.807, 2.05) is 0 Å². The van der Waals surface area contributed by atoms with E-state index in [9.17, 15) is 8.78 Å². The van der Waals surface area contributed by atoms with Crippen LogP contribution in [-0.4, -0.2) is 4.98 Å². The number of nitrogens with zero attached hydrogens (tertiary/aromatic N) is 1. The van der Waals surface area contributed by atoms with Crippen LogP contribution in [0.4, 0.5) is 8.78 Å². The lowest BCUT2D eigenvalue weighted by atomic mass is 10.1. The van der Waals surface area contributed by atoms with Crippen molar-refractivity contribution in [3.8, 4) is 11.1 Å². The summed E-state index contributed by atoms with van der Waals surface area (Å²) < 4.78 is 26.5. The van der Waals surface area contributed by atoms with E-state index in [2.05, 4.69) is 4.98 Å². The lowest BCUT2D eigenvalue weighted by Gasteiger charge is -2.08. The molecule has 0 fully saturated rings. The highest BCUT2D eigenvalue weighted by Gasteiger charge is 2.16. The van der Waals surface area contributed by atoms with Gasteiger partial charge in [0, 0.05) is 17.3 Å². The van der Waals surface area contributed by atoms with Crippen molar-refractivity contribution < 1.29 is 8.78 Å². The van der Waals surface area contributed by atoms with E-state index in [0.717, 1.165) is 6.20 Å². The van der Waals surface area contributed by atoms with Gasteiger partial charge in [-0.15, -0.1) is 0 Å². The Morgan fingerprint density at radius 3 is 2.29 bits per heavy atom. The molecular weight excluding hydrogens is 290 g/mol. The number of rotatable bonds is 1. The van der Waals surface area contributed by atoms with Gasteiger partial charge in [-0.2, -0.15) is 4.39 Å². The molecule has 2 rings (SSSR count). The summed E-state index contributed by atoms with van der Waals surface area (Å²) in [5.41, 5.74) is 0.251. The predicted molar refractivity (Wildman–Crippen MR) is 64.6 cm³/mol. The van der Waals surface area contributed by atoms with Crippen LogP contribution in [0, 0.1) is 11.8 Å². The summed E-state index contributed by atoms with van der Waals surface area (Å²) in [6.45, 7) is 0. The lowest BCUT2D eigenvalue weighted by molar-refractivity contribution is 0.482. The number of pyridine rings is 1. The molecule has 0 spiro atoms. The first-order chi connectivity index (χ1) is 8.02. The normalized spacial score (nSPS) is 10.6. The molecule has 1 aromatic carbocycles. The fourth-order valence-electron chi connectivity index (χ4n) is 1.36. The first kappa shape index (κ1) is 12.6. The SMILES string of the molecule is Fc1nccc(-c2ccc(Cl)c(Cl)c2Cl)c1F. The summed E-state index contributed by atoms with van der Waals surface area (Å²) >= 11 is 17.5. The Morgan fingerprint density at radius 1 is 0.882 bits per heavy atom. The molecule has 0 N–H and O–H groups in total. The van der Waals surface area contributed by atoms with Crippen LogP contribution >= 0.6 is 34.8 Å². The minimum Gasteiger partial charge on any atom is -0.226 e. The predicted octanol–water partition coefficient (Wildman–Crippen LogP) is 4.99. The summed E-state index contributed by atoms with van der Waals surface area (Å²) in [6.07, 6.45) is 1.15. The van der Waals surface area contributed by atoms with Crippen LogP contribution in [-0.2, 0) is 0 Å². The zero-order valence-electron chi connectivity index (χ0n) is 8.15. The van der Waals surface area contributed by atoms with Crippen molar-refractivity contribution in [2.75, 3.05) is 0 Å². The fourth-order valence-corrected chi connectivity index (χ4v) is 2.00. The Hall–Kier alpha value is -0.900. The van der Waals surface area contributed by atoms with Crippen molar-refractivity contribution in [1.29, 1.82) is 0 Å². The molecule has 0 aliphatic carbocycles. The Morgan fingerprint density at radius 2 is 1.59 bits per heavy atom. The van der Waals surface area contributed by atoms with Crippen LogP contribution in [0.25, 0.3) is 11.1 Å². The molecule has 1 nitrogen and oxygen atoms in total. The van der Waals surface area contributed by atoms with Crippen LogP contribution in [0.5, 0.6) is 0 Å². The number of hydrogen-bond donors (Lipinski definition) is 0. The first-order valence-corrected chi connectivity index (χ1v) is 5.59. The zero-order valence-corrected chi connectivity index (χ0v) is 10.4. The maximum absolute atomic E-state index is 13.5. The van der Waals surface area contributed by atoms with Crippen LogP contribution in [0.15, 0.2) is 24.4 Å². The van der Waals surface area contributed by atoms with E-state index in [1.165, 1.54) is 18.2 Å². The second-order valence-corrected chi connectivity index (χ2v) is 4.35. The summed E-state index contributed by atoms with van der Waals surface area (Å²) in [6, 6.07) is 4.24. The molecular formula is C11H4Cl3F2N. The molecule has 0 saturated heterocycles. The van der Waals surface area contributed by atoms with Crippen molar-refractivity contribution in [3.05, 3.63) is 51.2 Å². The van der Waals surface area contributed by atoms with Crippen LogP contribution in [0.2, 0.25) is 15.1 Å². The van der Waals surface area contributed by atoms with E-state index in [0.29, 0.717) is 0 Å². The average Bonchev–Trinajstić information content (AvgIpc) is 2.31. The molecule has 0 amide bonds. The molecule has 0 saturated carbocycles. The van der Waals surface area contributed by atoms with Crippen molar-refractivity contribution >= 4 is 34.8 Å². The minimum atomic E-state index is -1.19. The number of halogens is 5. The van der Waals surface area contributed by atoms with Crippen molar-refractivity contribution in [2.24, 2.45) is 0 Å². The summed E-state index contributed by atoms with van der Waals surface area (Å²) in [4.78, 5) is 3.19. The van der Waals surface area contributed by atoms with Gasteiger partial charge in [0.25, 0.3) is 0 Å². The average molecular weight is 295 g/mol. The Balaban J connectivity index is 2.69. The number of aromatic nitrogens is 1. The molecule has 0 atom stereocenters. The van der Waals surface area contributed by atoms with E-state index in [1.54, 1.807) is 0 Å². The standard InChI is InChI=1S/C11H4Cl3F2N/c12-7-2-1-5(8(13)9(7)14)6-3-4-17-11(16)10(6)15/h1-4H. The second kappa shape index (κ2) is 4.77. The molecule has 2 aromatic rings. The summed E-state index contributed by atoms with van der Waals surface area (Å²) in [5.74, 6) is -2.27. The maximum atomic E-state index is 13.5. The maximum Gasteiger partial charge on any atom is 0.249 e. The van der Waals surface area contributed by atoms with E-state index >= 15 is 0 Å². The smallest absolute Gasteiger partial charge is 0.226 e. The molecule has 0 aliphatic rings. The number of benzene rings is 1. The quantitative estimate of drug-likeness (QED) is 0.533. The highest BCUT2D eigenvalue weighted by Crippen LogP contribution is 2.38. The zero-order chi connectivity index (χ0) is 12.6. The van der Waals surface area contributed by atoms with Gasteiger partial charge in [-0.1, -0.05) is 40.9 Å². The van der Waals surface area contributed by atoms with Crippen LogP contribution in [0.1, 0.15) is 0 Å². The van der Waals surface area contributed by atoms with E-state index in [-0.39, 0.29) is 26.2 Å². The second-order valence-electron chi connectivity index (χ2n) is 3.19. The molecule has 1 aromatic heterocycles. The largest absolute Gasteiger partial charge is 0.249 e. The third-order valence-corrected chi connectivity index (χ3v) is 3.47. The molecule has 0 aliphatic heterocycles. The van der Waals surface area contributed by atoms with Gasteiger partial charge in [0.05, 0.1) is 15.1 Å². The van der Waals surface area contributed by atoms with Crippen LogP contribution in [0.3, 0.4) is 0 Å². The van der Waals surface area contributed by atoms with Gasteiger partial charge in [-0.3, -0.25) is 0 Å². The van der Waals surface area contributed by atoms with Crippen molar-refractivity contribution in [2.45, 2.75) is 0 Å². The number of hydrogen-bond acceptors (Lipinski definition) is 1. The molecule has 0 radical (unpaired) electrons. The van der Waals surface area contributed by atoms with Gasteiger partial charge in [0.1, 0.15) is 0 Å². The topological polar surface area (TPSA) is 12.9 Å². The van der Waals surface area contributed by atoms with Crippen molar-refractivity contribution in [3.63, 3.8) is 0 Å². The van der Waals surface area contributed by atoms with Crippen LogP contribution < -0.4 is 0 Å². The third-order valence-electron chi connectivity index (χ3n) is 2.17. The summed E-state index contributed by atoms with van der Waals surface area (Å²) in [5, 5.41) is 0.418. The molecule has 0 bridgehead atoms. The van der Waals surface area contributed by atoms with E-state index in [4.69, 9.17) is 34.8 Å². The summed E-state index contributed by atoms with van der Waals surface area (Å²) in [7, 11) is 0. The third kappa shape index (κ3) is 2.23. The van der Waals surface area contributed by atoms with Gasteiger partial charge in [-0.25, -0.2) is 9.37 Å². The first-order valence-electron chi connectivity index (χ1n) is 4.46. The van der Waals surface area contributed by atoms with Crippen molar-refractivity contribution in [1.82, 2.24) is 4.98 Å².